The number of benzene rings is 2. The maximum atomic E-state index is 2.70. The summed E-state index contributed by atoms with van der Waals surface area (Å²) in [6.45, 7) is 10.1. The van der Waals surface area contributed by atoms with Crippen molar-refractivity contribution in [3.05, 3.63) is 60.7 Å². The zero-order valence-corrected chi connectivity index (χ0v) is 18.0. The quantitative estimate of drug-likeness (QED) is 0.511. The Kier molecular flexibility index (Phi) is 7.06. The van der Waals surface area contributed by atoms with Crippen LogP contribution in [0.1, 0.15) is 39.5 Å². The average molecular weight is 355 g/mol. The van der Waals surface area contributed by atoms with Gasteiger partial charge < -0.3 is 0 Å². The van der Waals surface area contributed by atoms with Gasteiger partial charge in [-0.1, -0.05) is 136 Å². The summed E-state index contributed by atoms with van der Waals surface area (Å²) in [5, 5.41) is 3.38. The third kappa shape index (κ3) is 3.92. The van der Waals surface area contributed by atoms with E-state index in [0.717, 1.165) is 0 Å². The van der Waals surface area contributed by atoms with E-state index in [1.807, 2.05) is 0 Å². The van der Waals surface area contributed by atoms with Crippen molar-refractivity contribution in [3.63, 3.8) is 0 Å². The monoisotopic (exact) mass is 354 g/mol. The first-order valence-corrected chi connectivity index (χ1v) is 16.1. The third-order valence-electron chi connectivity index (χ3n) is 6.10. The second-order valence-corrected chi connectivity index (χ2v) is 21.7. The molecule has 2 heteroatoms. The highest BCUT2D eigenvalue weighted by atomic mass is 29.3. The lowest BCUT2D eigenvalue weighted by Crippen LogP contribution is -2.72. The highest BCUT2D eigenvalue weighted by molar-refractivity contribution is 7.50. The van der Waals surface area contributed by atoms with Crippen LogP contribution in [-0.2, 0) is 0 Å². The molecule has 0 spiro atoms. The summed E-state index contributed by atoms with van der Waals surface area (Å²) in [5.41, 5.74) is 0. The summed E-state index contributed by atoms with van der Waals surface area (Å²) >= 11 is 0. The van der Waals surface area contributed by atoms with Crippen LogP contribution in [0.25, 0.3) is 0 Å². The van der Waals surface area contributed by atoms with Gasteiger partial charge in [0.2, 0.25) is 0 Å². The minimum absolute atomic E-state index is 1.31. The van der Waals surface area contributed by atoms with Crippen LogP contribution in [0, 0.1) is 0 Å². The molecule has 0 bridgehead atoms. The number of rotatable bonds is 9. The summed E-state index contributed by atoms with van der Waals surface area (Å²) < 4.78 is 0. The van der Waals surface area contributed by atoms with E-state index >= 15 is 0 Å². The molecule has 0 nitrogen and oxygen atoms in total. The zero-order valence-electron chi connectivity index (χ0n) is 16.0. The van der Waals surface area contributed by atoms with Gasteiger partial charge in [-0.3, -0.25) is 0 Å². The Labute approximate surface area is 151 Å². The first-order chi connectivity index (χ1) is 11.6. The second kappa shape index (κ2) is 8.82. The summed E-state index contributed by atoms with van der Waals surface area (Å²) in [5.74, 6) is 0. The zero-order chi connectivity index (χ0) is 17.5. The van der Waals surface area contributed by atoms with Crippen LogP contribution in [0.5, 0.6) is 0 Å². The molecule has 2 unspecified atom stereocenters. The molecule has 2 aromatic carbocycles. The minimum atomic E-state index is -1.54. The molecule has 0 heterocycles. The molecule has 24 heavy (non-hydrogen) atoms. The molecule has 0 aliphatic heterocycles. The van der Waals surface area contributed by atoms with Gasteiger partial charge in [0, 0.05) is 0 Å². The summed E-state index contributed by atoms with van der Waals surface area (Å²) in [4.78, 5) is 0. The lowest BCUT2D eigenvalue weighted by atomic mass is 10.4. The molecular formula is C22H34Si2. The fourth-order valence-electron chi connectivity index (χ4n) is 4.15. The molecule has 0 aliphatic carbocycles. The molecule has 0 amide bonds. The minimum Gasteiger partial charge on any atom is -0.0669 e. The molecule has 2 aromatic rings. The number of hydrogen-bond acceptors (Lipinski definition) is 0. The van der Waals surface area contributed by atoms with E-state index in [9.17, 15) is 0 Å². The Morgan fingerprint density at radius 2 is 0.917 bits per heavy atom. The molecule has 0 aromatic heterocycles. The first-order valence-electron chi connectivity index (χ1n) is 9.69. The van der Waals surface area contributed by atoms with E-state index < -0.39 is 15.2 Å². The van der Waals surface area contributed by atoms with Gasteiger partial charge >= 0.3 is 0 Å². The van der Waals surface area contributed by atoms with Crippen molar-refractivity contribution in [2.45, 2.75) is 64.7 Å². The van der Waals surface area contributed by atoms with Crippen LogP contribution in [0.2, 0.25) is 25.2 Å². The Balaban J connectivity index is 2.56. The van der Waals surface area contributed by atoms with Crippen molar-refractivity contribution in [3.8, 4) is 0 Å². The van der Waals surface area contributed by atoms with Crippen molar-refractivity contribution in [2.75, 3.05) is 0 Å². The van der Waals surface area contributed by atoms with Crippen molar-refractivity contribution in [2.24, 2.45) is 0 Å². The number of hydrogen-bond donors (Lipinski definition) is 0. The average Bonchev–Trinajstić information content (AvgIpc) is 2.65. The summed E-state index contributed by atoms with van der Waals surface area (Å²) in [6, 6.07) is 26.0. The topological polar surface area (TPSA) is 0 Å². The van der Waals surface area contributed by atoms with Crippen LogP contribution in [0.3, 0.4) is 0 Å². The normalized spacial score (nSPS) is 16.3. The SMILES string of the molecule is CCCC[Si](C)(c1ccccc1)[Si](C)(CCCC)c1ccccc1. The Morgan fingerprint density at radius 1 is 0.583 bits per heavy atom. The Morgan fingerprint density at radius 3 is 1.21 bits per heavy atom. The maximum absolute atomic E-state index is 2.70. The van der Waals surface area contributed by atoms with E-state index in [-0.39, 0.29) is 0 Å². The van der Waals surface area contributed by atoms with Gasteiger partial charge in [0.1, 0.15) is 0 Å². The van der Waals surface area contributed by atoms with E-state index in [1.165, 1.54) is 37.8 Å². The highest BCUT2D eigenvalue weighted by Crippen LogP contribution is 2.30. The lowest BCUT2D eigenvalue weighted by molar-refractivity contribution is 0.863. The second-order valence-electron chi connectivity index (χ2n) is 7.60. The van der Waals surface area contributed by atoms with E-state index in [1.54, 1.807) is 10.4 Å². The maximum Gasteiger partial charge on any atom is 0.0824 e. The third-order valence-corrected chi connectivity index (χ3v) is 25.0. The Bertz CT molecular complexity index is 540. The van der Waals surface area contributed by atoms with Crippen LogP contribution < -0.4 is 10.4 Å². The van der Waals surface area contributed by atoms with Gasteiger partial charge in [0.25, 0.3) is 0 Å². The van der Waals surface area contributed by atoms with Crippen LogP contribution in [0.15, 0.2) is 60.7 Å². The van der Waals surface area contributed by atoms with E-state index in [4.69, 9.17) is 0 Å². The van der Waals surface area contributed by atoms with E-state index in [2.05, 4.69) is 87.6 Å². The standard InChI is InChI=1S/C22H34Si2/c1-5-7-19-23(3,21-15-11-9-12-16-21)24(4,20-8-6-2)22-17-13-10-14-18-22/h9-18H,5-8,19-20H2,1-4H3. The molecule has 0 radical (unpaired) electrons. The first kappa shape index (κ1) is 19.2. The molecule has 0 N–H and O–H groups in total. The van der Waals surface area contributed by atoms with Gasteiger partial charge in [-0.05, 0) is 0 Å². The highest BCUT2D eigenvalue weighted by Gasteiger charge is 2.49. The van der Waals surface area contributed by atoms with Crippen molar-refractivity contribution < 1.29 is 0 Å². The Hall–Kier alpha value is -1.13. The summed E-state index contributed by atoms with van der Waals surface area (Å²) in [6.07, 6.45) is 5.36. The summed E-state index contributed by atoms with van der Waals surface area (Å²) in [7, 11) is -3.08. The molecule has 0 saturated carbocycles. The van der Waals surface area contributed by atoms with Gasteiger partial charge in [-0.2, -0.15) is 0 Å². The molecule has 0 fully saturated rings. The van der Waals surface area contributed by atoms with E-state index in [0.29, 0.717) is 0 Å². The predicted molar refractivity (Wildman–Crippen MR) is 115 cm³/mol. The van der Waals surface area contributed by atoms with Crippen LogP contribution >= 0.6 is 0 Å². The van der Waals surface area contributed by atoms with Gasteiger partial charge in [0.15, 0.2) is 0 Å². The molecular weight excluding hydrogens is 320 g/mol. The smallest absolute Gasteiger partial charge is 0.0669 e. The van der Waals surface area contributed by atoms with Gasteiger partial charge in [-0.15, -0.1) is 0 Å². The number of unbranched alkanes of at least 4 members (excludes halogenated alkanes) is 2. The molecule has 0 aliphatic rings. The molecule has 2 atom stereocenters. The predicted octanol–water partition coefficient (Wildman–Crippen LogP) is 5.64. The lowest BCUT2D eigenvalue weighted by Gasteiger charge is -2.45. The molecule has 2 rings (SSSR count). The largest absolute Gasteiger partial charge is 0.0824 e. The van der Waals surface area contributed by atoms with Crippen molar-refractivity contribution in [1.82, 2.24) is 0 Å². The van der Waals surface area contributed by atoms with Gasteiger partial charge in [-0.25, -0.2) is 0 Å². The fourth-order valence-corrected chi connectivity index (χ4v) is 20.3. The van der Waals surface area contributed by atoms with Gasteiger partial charge in [0.05, 0.1) is 15.2 Å². The van der Waals surface area contributed by atoms with Crippen molar-refractivity contribution >= 4 is 25.6 Å². The van der Waals surface area contributed by atoms with Crippen LogP contribution in [0.4, 0.5) is 0 Å². The van der Waals surface area contributed by atoms with Crippen LogP contribution in [-0.4, -0.2) is 15.2 Å². The van der Waals surface area contributed by atoms with Crippen molar-refractivity contribution in [1.29, 1.82) is 0 Å². The molecule has 130 valence electrons. The fraction of sp³-hybridized carbons (Fsp3) is 0.455. The molecule has 0 saturated heterocycles.